The monoisotopic (exact) mass is 344 g/mol. The number of benzene rings is 1. The molecule has 1 fully saturated rings. The van der Waals surface area contributed by atoms with E-state index in [-0.39, 0.29) is 12.2 Å². The number of ether oxygens (including phenoxy) is 3. The van der Waals surface area contributed by atoms with E-state index < -0.39 is 6.10 Å². The quantitative estimate of drug-likeness (QED) is 0.805. The molecule has 1 saturated heterocycles. The van der Waals surface area contributed by atoms with Gasteiger partial charge in [-0.05, 0) is 53.4 Å². The molecule has 2 rings (SSSR count). The van der Waals surface area contributed by atoms with Crippen LogP contribution in [0.25, 0.3) is 0 Å². The summed E-state index contributed by atoms with van der Waals surface area (Å²) in [5, 5.41) is 10.4. The van der Waals surface area contributed by atoms with Crippen LogP contribution in [0.5, 0.6) is 5.75 Å². The first-order valence-corrected chi connectivity index (χ1v) is 7.66. The highest BCUT2D eigenvalue weighted by molar-refractivity contribution is 9.10. The zero-order valence-electron chi connectivity index (χ0n) is 11.8. The molecule has 0 aliphatic carbocycles. The van der Waals surface area contributed by atoms with Gasteiger partial charge in [-0.1, -0.05) is 6.07 Å². The van der Waals surface area contributed by atoms with E-state index in [0.29, 0.717) is 13.2 Å². The second-order valence-corrected chi connectivity index (χ2v) is 5.89. The number of rotatable bonds is 6. The molecule has 0 amide bonds. The van der Waals surface area contributed by atoms with Crippen LogP contribution < -0.4 is 4.74 Å². The molecule has 1 aliphatic heterocycles. The first-order valence-electron chi connectivity index (χ1n) is 6.86. The van der Waals surface area contributed by atoms with Crippen molar-refractivity contribution < 1.29 is 19.3 Å². The minimum Gasteiger partial charge on any atom is -0.490 e. The van der Waals surface area contributed by atoms with Gasteiger partial charge in [0.05, 0.1) is 23.3 Å². The van der Waals surface area contributed by atoms with Crippen molar-refractivity contribution in [2.75, 3.05) is 20.3 Å². The van der Waals surface area contributed by atoms with E-state index in [1.54, 1.807) is 7.11 Å². The lowest BCUT2D eigenvalue weighted by Gasteiger charge is -2.19. The second kappa shape index (κ2) is 7.41. The van der Waals surface area contributed by atoms with Crippen molar-refractivity contribution in [3.05, 3.63) is 28.2 Å². The van der Waals surface area contributed by atoms with E-state index in [4.69, 9.17) is 14.2 Å². The minimum absolute atomic E-state index is 0.114. The average Bonchev–Trinajstić information content (AvgIpc) is 2.86. The number of halogens is 1. The van der Waals surface area contributed by atoms with Crippen molar-refractivity contribution in [2.24, 2.45) is 0 Å². The van der Waals surface area contributed by atoms with Crippen molar-refractivity contribution in [3.8, 4) is 5.75 Å². The summed E-state index contributed by atoms with van der Waals surface area (Å²) in [6.45, 7) is 3.08. The lowest BCUT2D eigenvalue weighted by Crippen LogP contribution is -2.18. The van der Waals surface area contributed by atoms with Crippen molar-refractivity contribution in [1.29, 1.82) is 0 Å². The SMILES string of the molecule is COCCOc1ccc(C(O)C2CCC(C)O2)cc1Br. The number of hydrogen-bond acceptors (Lipinski definition) is 4. The highest BCUT2D eigenvalue weighted by Gasteiger charge is 2.29. The van der Waals surface area contributed by atoms with Crippen LogP contribution >= 0.6 is 15.9 Å². The maximum atomic E-state index is 10.4. The van der Waals surface area contributed by atoms with Crippen LogP contribution in [0.15, 0.2) is 22.7 Å². The van der Waals surface area contributed by atoms with Gasteiger partial charge in [0.15, 0.2) is 0 Å². The number of hydrogen-bond donors (Lipinski definition) is 1. The first kappa shape index (κ1) is 15.8. The predicted molar refractivity (Wildman–Crippen MR) is 80.0 cm³/mol. The standard InChI is InChI=1S/C15H21BrO4/c1-10-3-5-14(20-10)15(17)11-4-6-13(12(16)9-11)19-8-7-18-2/h4,6,9-10,14-15,17H,3,5,7-8H2,1-2H3. The van der Waals surface area contributed by atoms with Gasteiger partial charge in [-0.25, -0.2) is 0 Å². The molecule has 112 valence electrons. The minimum atomic E-state index is -0.593. The van der Waals surface area contributed by atoms with Crippen LogP contribution in [0, 0.1) is 0 Å². The van der Waals surface area contributed by atoms with Gasteiger partial charge in [0.2, 0.25) is 0 Å². The maximum absolute atomic E-state index is 10.4. The van der Waals surface area contributed by atoms with Gasteiger partial charge in [-0.3, -0.25) is 0 Å². The van der Waals surface area contributed by atoms with Gasteiger partial charge in [0, 0.05) is 7.11 Å². The maximum Gasteiger partial charge on any atom is 0.133 e. The molecule has 3 atom stereocenters. The summed E-state index contributed by atoms with van der Waals surface area (Å²) in [5.41, 5.74) is 0.843. The molecular weight excluding hydrogens is 324 g/mol. The summed E-state index contributed by atoms with van der Waals surface area (Å²) in [6.07, 6.45) is 1.42. The Morgan fingerprint density at radius 1 is 1.40 bits per heavy atom. The Labute approximate surface area is 128 Å². The van der Waals surface area contributed by atoms with Crippen LogP contribution in [0.4, 0.5) is 0 Å². The second-order valence-electron chi connectivity index (χ2n) is 5.04. The molecule has 0 aromatic heterocycles. The Kier molecular flexibility index (Phi) is 5.84. The van der Waals surface area contributed by atoms with Crippen molar-refractivity contribution in [3.63, 3.8) is 0 Å². The van der Waals surface area contributed by atoms with Gasteiger partial charge < -0.3 is 19.3 Å². The van der Waals surface area contributed by atoms with E-state index >= 15 is 0 Å². The Morgan fingerprint density at radius 3 is 2.80 bits per heavy atom. The van der Waals surface area contributed by atoms with Gasteiger partial charge in [-0.15, -0.1) is 0 Å². The van der Waals surface area contributed by atoms with Gasteiger partial charge in [0.1, 0.15) is 18.5 Å². The molecule has 3 unspecified atom stereocenters. The lowest BCUT2D eigenvalue weighted by atomic mass is 10.0. The van der Waals surface area contributed by atoms with E-state index in [2.05, 4.69) is 15.9 Å². The Bertz CT molecular complexity index is 438. The molecule has 1 heterocycles. The third-order valence-corrected chi connectivity index (χ3v) is 4.08. The molecule has 20 heavy (non-hydrogen) atoms. The van der Waals surface area contributed by atoms with Crippen molar-refractivity contribution in [1.82, 2.24) is 0 Å². The molecule has 0 bridgehead atoms. The van der Waals surface area contributed by atoms with Crippen LogP contribution in [-0.2, 0) is 9.47 Å². The molecule has 1 N–H and O–H groups in total. The average molecular weight is 345 g/mol. The third-order valence-electron chi connectivity index (χ3n) is 3.46. The van der Waals surface area contributed by atoms with Gasteiger partial charge >= 0.3 is 0 Å². The Morgan fingerprint density at radius 2 is 2.20 bits per heavy atom. The number of aliphatic hydroxyl groups is 1. The summed E-state index contributed by atoms with van der Waals surface area (Å²) in [7, 11) is 1.64. The van der Waals surface area contributed by atoms with E-state index in [1.165, 1.54) is 0 Å². The zero-order chi connectivity index (χ0) is 14.5. The smallest absolute Gasteiger partial charge is 0.133 e. The summed E-state index contributed by atoms with van der Waals surface area (Å²) < 4.78 is 17.1. The third kappa shape index (κ3) is 3.95. The van der Waals surface area contributed by atoms with Crippen LogP contribution in [-0.4, -0.2) is 37.6 Å². The fraction of sp³-hybridized carbons (Fsp3) is 0.600. The number of methoxy groups -OCH3 is 1. The Balaban J connectivity index is 2.00. The van der Waals surface area contributed by atoms with E-state index in [0.717, 1.165) is 28.6 Å². The molecule has 0 spiro atoms. The van der Waals surface area contributed by atoms with Crippen LogP contribution in [0.1, 0.15) is 31.4 Å². The largest absolute Gasteiger partial charge is 0.490 e. The van der Waals surface area contributed by atoms with E-state index in [9.17, 15) is 5.11 Å². The van der Waals surface area contributed by atoms with Gasteiger partial charge in [0.25, 0.3) is 0 Å². The molecule has 0 saturated carbocycles. The molecular formula is C15H21BrO4. The lowest BCUT2D eigenvalue weighted by molar-refractivity contribution is -0.0297. The fourth-order valence-electron chi connectivity index (χ4n) is 2.33. The topological polar surface area (TPSA) is 47.9 Å². The van der Waals surface area contributed by atoms with Gasteiger partial charge in [-0.2, -0.15) is 0 Å². The normalized spacial score (nSPS) is 23.8. The summed E-state index contributed by atoms with van der Waals surface area (Å²) in [5.74, 6) is 0.749. The summed E-state index contributed by atoms with van der Waals surface area (Å²) >= 11 is 3.47. The van der Waals surface area contributed by atoms with Crippen molar-refractivity contribution >= 4 is 15.9 Å². The van der Waals surface area contributed by atoms with Crippen LogP contribution in [0.3, 0.4) is 0 Å². The summed E-state index contributed by atoms with van der Waals surface area (Å²) in [4.78, 5) is 0. The highest BCUT2D eigenvalue weighted by Crippen LogP contribution is 2.33. The zero-order valence-corrected chi connectivity index (χ0v) is 13.4. The fourth-order valence-corrected chi connectivity index (χ4v) is 2.84. The molecule has 0 radical (unpaired) electrons. The molecule has 1 aromatic carbocycles. The Hall–Kier alpha value is -0.620. The molecule has 4 nitrogen and oxygen atoms in total. The highest BCUT2D eigenvalue weighted by atomic mass is 79.9. The van der Waals surface area contributed by atoms with E-state index in [1.807, 2.05) is 25.1 Å². The predicted octanol–water partition coefficient (Wildman–Crippen LogP) is 3.08. The molecule has 1 aliphatic rings. The first-order chi connectivity index (χ1) is 9.61. The summed E-state index contributed by atoms with van der Waals surface area (Å²) in [6, 6.07) is 5.62. The van der Waals surface area contributed by atoms with Crippen LogP contribution in [0.2, 0.25) is 0 Å². The number of aliphatic hydroxyl groups excluding tert-OH is 1. The molecule has 5 heteroatoms. The molecule has 1 aromatic rings. The van der Waals surface area contributed by atoms with Crippen molar-refractivity contribution in [2.45, 2.75) is 38.1 Å².